The molecule has 4 nitrogen and oxygen atoms in total. The Kier molecular flexibility index (Phi) is 5.12. The fourth-order valence-corrected chi connectivity index (χ4v) is 2.72. The van der Waals surface area contributed by atoms with Crippen molar-refractivity contribution in [1.29, 1.82) is 0 Å². The third kappa shape index (κ3) is 4.14. The average molecular weight is 359 g/mol. The molecule has 7 heteroatoms. The van der Waals surface area contributed by atoms with E-state index in [4.69, 9.17) is 0 Å². The van der Waals surface area contributed by atoms with Gasteiger partial charge in [0.15, 0.2) is 0 Å². The third-order valence-corrected chi connectivity index (χ3v) is 4.05. The Hall–Kier alpha value is -3.01. The van der Waals surface area contributed by atoms with Gasteiger partial charge in [-0.05, 0) is 24.3 Å². The number of benzene rings is 1. The number of alkyl halides is 3. The number of piperazine rings is 1. The van der Waals surface area contributed by atoms with E-state index in [0.29, 0.717) is 13.1 Å². The first kappa shape index (κ1) is 17.8. The van der Waals surface area contributed by atoms with Gasteiger partial charge in [0.25, 0.3) is 5.91 Å². The molecule has 1 aromatic carbocycles. The summed E-state index contributed by atoms with van der Waals surface area (Å²) >= 11 is 0. The van der Waals surface area contributed by atoms with Crippen molar-refractivity contribution in [3.05, 3.63) is 59.8 Å². The van der Waals surface area contributed by atoms with Gasteiger partial charge in [-0.25, -0.2) is 4.98 Å². The van der Waals surface area contributed by atoms with Gasteiger partial charge < -0.3 is 9.80 Å². The van der Waals surface area contributed by atoms with Gasteiger partial charge in [-0.2, -0.15) is 13.2 Å². The quantitative estimate of drug-likeness (QED) is 0.735. The topological polar surface area (TPSA) is 36.4 Å². The molecule has 0 aliphatic carbocycles. The maximum Gasteiger partial charge on any atom is 0.419 e. The minimum absolute atomic E-state index is 0.0949. The highest BCUT2D eigenvalue weighted by Crippen LogP contribution is 2.35. The number of halogens is 3. The first-order chi connectivity index (χ1) is 12.4. The summed E-state index contributed by atoms with van der Waals surface area (Å²) in [5.74, 6) is 4.96. The van der Waals surface area contributed by atoms with E-state index < -0.39 is 11.7 Å². The van der Waals surface area contributed by atoms with Crippen LogP contribution in [0.1, 0.15) is 11.1 Å². The molecule has 1 saturated heterocycles. The number of hydrogen-bond acceptors (Lipinski definition) is 3. The molecule has 0 saturated carbocycles. The zero-order chi connectivity index (χ0) is 18.6. The standard InChI is InChI=1S/C19H16F3N3O/c20-19(21,22)16-7-4-10-23-18(16)25-13-11-24(12-14-25)17(26)9-8-15-5-2-1-3-6-15/h1-7,10H,11-14H2. The van der Waals surface area contributed by atoms with Crippen LogP contribution >= 0.6 is 0 Å². The Morgan fingerprint density at radius 2 is 1.69 bits per heavy atom. The zero-order valence-corrected chi connectivity index (χ0v) is 13.8. The summed E-state index contributed by atoms with van der Waals surface area (Å²) in [6, 6.07) is 11.4. The summed E-state index contributed by atoms with van der Waals surface area (Å²) in [6.45, 7) is 1.16. The summed E-state index contributed by atoms with van der Waals surface area (Å²) in [7, 11) is 0. The molecule has 0 radical (unpaired) electrons. The molecule has 1 aromatic heterocycles. The Labute approximate surface area is 149 Å². The second-order valence-electron chi connectivity index (χ2n) is 5.77. The van der Waals surface area contributed by atoms with Gasteiger partial charge in [0.2, 0.25) is 0 Å². The number of rotatable bonds is 1. The van der Waals surface area contributed by atoms with E-state index in [1.807, 2.05) is 18.2 Å². The van der Waals surface area contributed by atoms with E-state index in [1.54, 1.807) is 21.9 Å². The minimum Gasteiger partial charge on any atom is -0.353 e. The van der Waals surface area contributed by atoms with Gasteiger partial charge in [-0.1, -0.05) is 24.1 Å². The van der Waals surface area contributed by atoms with Crippen LogP contribution in [0.5, 0.6) is 0 Å². The van der Waals surface area contributed by atoms with Crippen LogP contribution in [0.3, 0.4) is 0 Å². The molecule has 3 rings (SSSR count). The van der Waals surface area contributed by atoms with Gasteiger partial charge in [0, 0.05) is 43.9 Å². The smallest absolute Gasteiger partial charge is 0.353 e. The van der Waals surface area contributed by atoms with Crippen molar-refractivity contribution in [3.63, 3.8) is 0 Å². The molecule has 0 unspecified atom stereocenters. The Bertz CT molecular complexity index is 832. The lowest BCUT2D eigenvalue weighted by atomic mass is 10.2. The van der Waals surface area contributed by atoms with Crippen LogP contribution in [0.15, 0.2) is 48.7 Å². The van der Waals surface area contributed by atoms with Crippen molar-refractivity contribution >= 4 is 11.7 Å². The number of amides is 1. The molecule has 0 spiro atoms. The highest BCUT2D eigenvalue weighted by Gasteiger charge is 2.36. The normalized spacial score (nSPS) is 14.6. The minimum atomic E-state index is -4.46. The van der Waals surface area contributed by atoms with Crippen LogP contribution in [-0.2, 0) is 11.0 Å². The van der Waals surface area contributed by atoms with Crippen molar-refractivity contribution < 1.29 is 18.0 Å². The lowest BCUT2D eigenvalue weighted by molar-refractivity contribution is -0.137. The summed E-state index contributed by atoms with van der Waals surface area (Å²) in [5, 5.41) is 0. The van der Waals surface area contributed by atoms with Crippen LogP contribution in [0.4, 0.5) is 19.0 Å². The van der Waals surface area contributed by atoms with Gasteiger partial charge >= 0.3 is 6.18 Å². The molecule has 0 bridgehead atoms. The molecular weight excluding hydrogens is 343 g/mol. The maximum atomic E-state index is 13.1. The predicted molar refractivity (Wildman–Crippen MR) is 91.4 cm³/mol. The van der Waals surface area contributed by atoms with Crippen molar-refractivity contribution in [3.8, 4) is 11.8 Å². The Morgan fingerprint density at radius 1 is 1.00 bits per heavy atom. The number of aromatic nitrogens is 1. The number of nitrogens with zero attached hydrogens (tertiary/aromatic N) is 3. The van der Waals surface area contributed by atoms with Gasteiger partial charge in [0.05, 0.1) is 5.56 Å². The number of carbonyl (C=O) groups is 1. The van der Waals surface area contributed by atoms with E-state index >= 15 is 0 Å². The number of anilines is 1. The number of pyridine rings is 1. The van der Waals surface area contributed by atoms with Gasteiger partial charge in [-0.3, -0.25) is 4.79 Å². The molecular formula is C19H16F3N3O. The average Bonchev–Trinajstić information content (AvgIpc) is 2.66. The fraction of sp³-hybridized carbons (Fsp3) is 0.263. The molecule has 2 heterocycles. The summed E-state index contributed by atoms with van der Waals surface area (Å²) in [5.41, 5.74) is -0.0218. The highest BCUT2D eigenvalue weighted by molar-refractivity contribution is 5.94. The van der Waals surface area contributed by atoms with E-state index in [-0.39, 0.29) is 24.8 Å². The van der Waals surface area contributed by atoms with E-state index in [1.165, 1.54) is 12.3 Å². The van der Waals surface area contributed by atoms with Crippen LogP contribution in [-0.4, -0.2) is 42.0 Å². The van der Waals surface area contributed by atoms with Crippen molar-refractivity contribution in [2.24, 2.45) is 0 Å². The van der Waals surface area contributed by atoms with Crippen LogP contribution < -0.4 is 4.90 Å². The first-order valence-electron chi connectivity index (χ1n) is 8.08. The molecule has 1 aliphatic rings. The molecule has 0 atom stereocenters. The SMILES string of the molecule is O=C(C#Cc1ccccc1)N1CCN(c2ncccc2C(F)(F)F)CC1. The van der Waals surface area contributed by atoms with Crippen LogP contribution in [0.25, 0.3) is 0 Å². The van der Waals surface area contributed by atoms with Crippen LogP contribution in [0.2, 0.25) is 0 Å². The van der Waals surface area contributed by atoms with Crippen molar-refractivity contribution in [1.82, 2.24) is 9.88 Å². The number of hydrogen-bond donors (Lipinski definition) is 0. The van der Waals surface area contributed by atoms with E-state index in [9.17, 15) is 18.0 Å². The van der Waals surface area contributed by atoms with Crippen molar-refractivity contribution in [2.45, 2.75) is 6.18 Å². The highest BCUT2D eigenvalue weighted by atomic mass is 19.4. The summed E-state index contributed by atoms with van der Waals surface area (Å²) < 4.78 is 39.4. The molecule has 1 aliphatic heterocycles. The first-order valence-corrected chi connectivity index (χ1v) is 8.08. The third-order valence-electron chi connectivity index (χ3n) is 4.05. The predicted octanol–water partition coefficient (Wildman–Crippen LogP) is 2.80. The molecule has 1 amide bonds. The van der Waals surface area contributed by atoms with Crippen molar-refractivity contribution in [2.75, 3.05) is 31.1 Å². The van der Waals surface area contributed by atoms with E-state index in [0.717, 1.165) is 11.6 Å². The summed E-state index contributed by atoms with van der Waals surface area (Å²) in [4.78, 5) is 19.2. The molecule has 1 fully saturated rings. The lowest BCUT2D eigenvalue weighted by Gasteiger charge is -2.35. The molecule has 2 aromatic rings. The molecule has 134 valence electrons. The molecule has 0 N–H and O–H groups in total. The van der Waals surface area contributed by atoms with Gasteiger partial charge in [-0.15, -0.1) is 0 Å². The maximum absolute atomic E-state index is 13.1. The monoisotopic (exact) mass is 359 g/mol. The van der Waals surface area contributed by atoms with Crippen LogP contribution in [0, 0.1) is 11.8 Å². The largest absolute Gasteiger partial charge is 0.419 e. The summed E-state index contributed by atoms with van der Waals surface area (Å²) in [6.07, 6.45) is -3.12. The fourth-order valence-electron chi connectivity index (χ4n) is 2.72. The number of carbonyl (C=O) groups excluding carboxylic acids is 1. The lowest BCUT2D eigenvalue weighted by Crippen LogP contribution is -2.49. The van der Waals surface area contributed by atoms with Gasteiger partial charge in [0.1, 0.15) is 5.82 Å². The second kappa shape index (κ2) is 7.48. The second-order valence-corrected chi connectivity index (χ2v) is 5.77. The molecule has 26 heavy (non-hydrogen) atoms. The zero-order valence-electron chi connectivity index (χ0n) is 13.8. The Balaban J connectivity index is 1.65. The Morgan fingerprint density at radius 3 is 2.35 bits per heavy atom. The van der Waals surface area contributed by atoms with E-state index in [2.05, 4.69) is 16.8 Å².